The Balaban J connectivity index is 1.64. The van der Waals surface area contributed by atoms with Crippen molar-refractivity contribution in [2.75, 3.05) is 45.1 Å². The van der Waals surface area contributed by atoms with Crippen LogP contribution in [0.1, 0.15) is 24.2 Å². The van der Waals surface area contributed by atoms with E-state index in [1.54, 1.807) is 0 Å². The summed E-state index contributed by atoms with van der Waals surface area (Å²) in [6.07, 6.45) is 0. The van der Waals surface area contributed by atoms with Gasteiger partial charge in [-0.2, -0.15) is 4.31 Å². The summed E-state index contributed by atoms with van der Waals surface area (Å²) in [5.74, 6) is -0.115. The van der Waals surface area contributed by atoms with Crippen LogP contribution in [0.15, 0.2) is 29.2 Å². The van der Waals surface area contributed by atoms with Gasteiger partial charge in [0.05, 0.1) is 29.1 Å². The topological polar surface area (TPSA) is 101 Å². The van der Waals surface area contributed by atoms with Crippen molar-refractivity contribution in [2.45, 2.75) is 24.0 Å². The van der Waals surface area contributed by atoms with E-state index in [1.165, 1.54) is 33.5 Å². The summed E-state index contributed by atoms with van der Waals surface area (Å²) in [6, 6.07) is 5.80. The number of rotatable bonds is 6. The van der Waals surface area contributed by atoms with Crippen molar-refractivity contribution in [3.63, 3.8) is 0 Å². The van der Waals surface area contributed by atoms with E-state index in [0.717, 1.165) is 0 Å². The van der Waals surface area contributed by atoms with Crippen molar-refractivity contribution in [2.24, 2.45) is 5.92 Å². The van der Waals surface area contributed by atoms with E-state index in [1.807, 2.05) is 13.8 Å². The van der Waals surface area contributed by atoms with Crippen molar-refractivity contribution < 1.29 is 26.4 Å². The summed E-state index contributed by atoms with van der Waals surface area (Å²) in [7, 11) is -6.81. The predicted molar refractivity (Wildman–Crippen MR) is 104 cm³/mol. The Kier molecular flexibility index (Phi) is 6.14. The van der Waals surface area contributed by atoms with Crippen LogP contribution >= 0.6 is 0 Å². The molecular weight excluding hydrogens is 404 g/mol. The molecule has 3 rings (SSSR count). The number of benzene rings is 1. The molecule has 0 radical (unpaired) electrons. The first-order valence-electron chi connectivity index (χ1n) is 9.30. The molecule has 8 nitrogen and oxygen atoms in total. The van der Waals surface area contributed by atoms with Crippen LogP contribution in [0, 0.1) is 5.92 Å². The second kappa shape index (κ2) is 8.10. The van der Waals surface area contributed by atoms with Crippen LogP contribution in [-0.2, 0) is 24.6 Å². The molecule has 156 valence electrons. The lowest BCUT2D eigenvalue weighted by Crippen LogP contribution is -2.57. The predicted octanol–water partition coefficient (Wildman–Crippen LogP) is 0.603. The average Bonchev–Trinajstić information content (AvgIpc) is 2.60. The third-order valence-electron chi connectivity index (χ3n) is 4.92. The van der Waals surface area contributed by atoms with Crippen LogP contribution in [0.4, 0.5) is 0 Å². The van der Waals surface area contributed by atoms with Gasteiger partial charge in [0.1, 0.15) is 0 Å². The van der Waals surface area contributed by atoms with Gasteiger partial charge in [-0.05, 0) is 30.2 Å². The molecular formula is C18H26N2O6S2. The zero-order valence-electron chi connectivity index (χ0n) is 16.1. The first kappa shape index (κ1) is 21.2. The molecule has 0 saturated carbocycles. The highest BCUT2D eigenvalue weighted by Crippen LogP contribution is 2.23. The summed E-state index contributed by atoms with van der Waals surface area (Å²) in [6.45, 7) is 5.42. The Hall–Kier alpha value is -1.49. The number of morpholine rings is 1. The maximum Gasteiger partial charge on any atom is 0.253 e. The first-order valence-corrected chi connectivity index (χ1v) is 12.5. The molecule has 2 fully saturated rings. The fourth-order valence-corrected chi connectivity index (χ4v) is 6.74. The number of carbonyl (C=O) groups excluding carboxylic acids is 1. The van der Waals surface area contributed by atoms with Gasteiger partial charge in [0.2, 0.25) is 10.0 Å². The van der Waals surface area contributed by atoms with E-state index >= 15 is 0 Å². The Morgan fingerprint density at radius 3 is 2.18 bits per heavy atom. The van der Waals surface area contributed by atoms with E-state index in [4.69, 9.17) is 4.74 Å². The minimum absolute atomic E-state index is 0.0516. The number of ether oxygens (including phenoxy) is 1. The van der Waals surface area contributed by atoms with Crippen LogP contribution in [0.5, 0.6) is 0 Å². The Bertz CT molecular complexity index is 913. The minimum atomic E-state index is -3.61. The standard InChI is InChI=1S/C18H26N2O6S2/c1-14(2)13-27(22,23)17-11-19(12-17)18(21)15-3-5-16(6-4-15)28(24,25)20-7-9-26-10-8-20/h3-6,14,17H,7-13H2,1-2H3. The van der Waals surface area contributed by atoms with Crippen LogP contribution in [0.25, 0.3) is 0 Å². The third kappa shape index (κ3) is 4.40. The van der Waals surface area contributed by atoms with Gasteiger partial charge < -0.3 is 9.64 Å². The van der Waals surface area contributed by atoms with Gasteiger partial charge in [-0.1, -0.05) is 13.8 Å². The molecule has 0 atom stereocenters. The number of sulfonamides is 1. The summed E-state index contributed by atoms with van der Waals surface area (Å²) < 4.78 is 56.2. The van der Waals surface area contributed by atoms with Gasteiger partial charge >= 0.3 is 0 Å². The second-order valence-electron chi connectivity index (χ2n) is 7.60. The molecule has 0 unspecified atom stereocenters. The fraction of sp³-hybridized carbons (Fsp3) is 0.611. The summed E-state index contributed by atoms with van der Waals surface area (Å²) in [4.78, 5) is 14.2. The highest BCUT2D eigenvalue weighted by atomic mass is 32.2. The number of sulfone groups is 1. The highest BCUT2D eigenvalue weighted by molar-refractivity contribution is 7.92. The molecule has 0 N–H and O–H groups in total. The summed E-state index contributed by atoms with van der Waals surface area (Å²) >= 11 is 0. The Morgan fingerprint density at radius 1 is 1.07 bits per heavy atom. The smallest absolute Gasteiger partial charge is 0.253 e. The van der Waals surface area contributed by atoms with Crippen molar-refractivity contribution in [1.82, 2.24) is 9.21 Å². The van der Waals surface area contributed by atoms with Gasteiger partial charge in [0.25, 0.3) is 5.91 Å². The third-order valence-corrected chi connectivity index (χ3v) is 9.28. The maximum atomic E-state index is 12.6. The van der Waals surface area contributed by atoms with Crippen LogP contribution in [0.2, 0.25) is 0 Å². The average molecular weight is 431 g/mol. The van der Waals surface area contributed by atoms with Crippen LogP contribution < -0.4 is 0 Å². The maximum absolute atomic E-state index is 12.6. The van der Waals surface area contributed by atoms with Gasteiger partial charge in [0.15, 0.2) is 9.84 Å². The van der Waals surface area contributed by atoms with Crippen molar-refractivity contribution in [1.29, 1.82) is 0 Å². The summed E-state index contributed by atoms with van der Waals surface area (Å²) in [5.41, 5.74) is 0.348. The number of carbonyl (C=O) groups is 1. The quantitative estimate of drug-likeness (QED) is 0.655. The molecule has 2 heterocycles. The van der Waals surface area contributed by atoms with Gasteiger partial charge in [-0.15, -0.1) is 0 Å². The molecule has 28 heavy (non-hydrogen) atoms. The molecule has 2 saturated heterocycles. The SMILES string of the molecule is CC(C)CS(=O)(=O)C1CN(C(=O)c2ccc(S(=O)(=O)N3CCOCC3)cc2)C1. The van der Waals surface area contributed by atoms with Gasteiger partial charge in [-0.3, -0.25) is 4.79 Å². The molecule has 0 aromatic heterocycles. The van der Waals surface area contributed by atoms with Crippen LogP contribution in [-0.4, -0.2) is 82.3 Å². The number of nitrogens with zero attached hydrogens (tertiary/aromatic N) is 2. The lowest BCUT2D eigenvalue weighted by atomic mass is 10.1. The number of hydrogen-bond donors (Lipinski definition) is 0. The lowest BCUT2D eigenvalue weighted by Gasteiger charge is -2.39. The fourth-order valence-electron chi connectivity index (χ4n) is 3.32. The normalized spacial score (nSPS) is 19.6. The van der Waals surface area contributed by atoms with E-state index in [2.05, 4.69) is 0 Å². The van der Waals surface area contributed by atoms with Crippen LogP contribution in [0.3, 0.4) is 0 Å². The van der Waals surface area contributed by atoms with E-state index < -0.39 is 25.1 Å². The first-order chi connectivity index (χ1) is 13.1. The summed E-state index contributed by atoms with van der Waals surface area (Å²) in [5, 5.41) is -0.514. The zero-order chi connectivity index (χ0) is 20.5. The lowest BCUT2D eigenvalue weighted by molar-refractivity contribution is 0.0658. The van der Waals surface area contributed by atoms with Crippen molar-refractivity contribution >= 4 is 25.8 Å². The minimum Gasteiger partial charge on any atom is -0.379 e. The molecule has 10 heteroatoms. The zero-order valence-corrected chi connectivity index (χ0v) is 17.7. The van der Waals surface area contributed by atoms with E-state index in [0.29, 0.717) is 31.9 Å². The monoisotopic (exact) mass is 430 g/mol. The van der Waals surface area contributed by atoms with E-state index in [9.17, 15) is 21.6 Å². The number of hydrogen-bond acceptors (Lipinski definition) is 6. The largest absolute Gasteiger partial charge is 0.379 e. The van der Waals surface area contributed by atoms with Gasteiger partial charge in [-0.25, -0.2) is 16.8 Å². The molecule has 1 aromatic carbocycles. The highest BCUT2D eigenvalue weighted by Gasteiger charge is 2.40. The molecule has 1 amide bonds. The molecule has 0 spiro atoms. The molecule has 1 aromatic rings. The van der Waals surface area contributed by atoms with Gasteiger partial charge in [0, 0.05) is 31.7 Å². The molecule has 0 aliphatic carbocycles. The molecule has 0 bridgehead atoms. The molecule has 2 aliphatic heterocycles. The molecule has 2 aliphatic rings. The number of likely N-dealkylation sites (tertiary alicyclic amines) is 1. The number of amides is 1. The Labute approximate surface area is 166 Å². The second-order valence-corrected chi connectivity index (χ2v) is 11.9. The van der Waals surface area contributed by atoms with E-state index in [-0.39, 0.29) is 35.6 Å². The van der Waals surface area contributed by atoms with Crippen molar-refractivity contribution in [3.8, 4) is 0 Å². The Morgan fingerprint density at radius 2 is 1.64 bits per heavy atom. The van der Waals surface area contributed by atoms with Crippen molar-refractivity contribution in [3.05, 3.63) is 29.8 Å².